The third-order valence-corrected chi connectivity index (χ3v) is 9.56. The fourth-order valence-corrected chi connectivity index (χ4v) is 6.34. The molecule has 0 spiro atoms. The third-order valence-electron chi connectivity index (χ3n) is 7.54. The smallest absolute Gasteiger partial charge is 0.261 e. The number of benzene rings is 5. The molecule has 8 nitrogen and oxygen atoms in total. The van der Waals surface area contributed by atoms with Crippen molar-refractivity contribution < 1.29 is 27.1 Å². The van der Waals surface area contributed by atoms with E-state index in [2.05, 4.69) is 10.0 Å². The van der Waals surface area contributed by atoms with E-state index in [4.69, 9.17) is 27.9 Å². The van der Waals surface area contributed by atoms with Gasteiger partial charge in [0.05, 0.1) is 4.90 Å². The minimum absolute atomic E-state index is 0.0574. The fraction of sp³-hybridized carbons (Fsp3) is 0.135. The Kier molecular flexibility index (Phi) is 11.9. The zero-order chi connectivity index (χ0) is 34.8. The molecule has 0 unspecified atom stereocenters. The highest BCUT2D eigenvalue weighted by atomic mass is 35.5. The van der Waals surface area contributed by atoms with Crippen LogP contribution in [-0.4, -0.2) is 37.8 Å². The van der Waals surface area contributed by atoms with Crippen molar-refractivity contribution in [3.63, 3.8) is 0 Å². The van der Waals surface area contributed by atoms with Crippen LogP contribution in [0.2, 0.25) is 10.0 Å². The molecule has 0 radical (unpaired) electrons. The molecular formula is C37H32Cl2FN3O5S. The molecule has 0 heterocycles. The number of carbonyl (C=O) groups excluding carboxylic acids is 2. The number of amides is 2. The Morgan fingerprint density at radius 3 is 2.10 bits per heavy atom. The Labute approximate surface area is 294 Å². The van der Waals surface area contributed by atoms with Gasteiger partial charge in [0.1, 0.15) is 17.6 Å². The van der Waals surface area contributed by atoms with Gasteiger partial charge in [0.2, 0.25) is 5.91 Å². The maximum Gasteiger partial charge on any atom is 0.261 e. The van der Waals surface area contributed by atoms with Crippen molar-refractivity contribution >= 4 is 50.7 Å². The van der Waals surface area contributed by atoms with Crippen LogP contribution >= 0.6 is 23.2 Å². The molecule has 5 aromatic rings. The SMILES string of the molecule is O=C(NCc1ccccc1Cl)[C@@H](Cc1ccccc1)N(Cc1ccc(Cl)cc1)C(=O)COc1ccc(S(=O)(=O)Nc2ccc(F)cc2)cc1. The van der Waals surface area contributed by atoms with Gasteiger partial charge in [-0.3, -0.25) is 14.3 Å². The van der Waals surface area contributed by atoms with Gasteiger partial charge in [-0.25, -0.2) is 12.8 Å². The quantitative estimate of drug-likeness (QED) is 0.126. The van der Waals surface area contributed by atoms with Crippen LogP contribution < -0.4 is 14.8 Å². The average molecular weight is 721 g/mol. The minimum atomic E-state index is -3.97. The molecule has 12 heteroatoms. The van der Waals surface area contributed by atoms with E-state index in [1.807, 2.05) is 42.5 Å². The molecule has 2 N–H and O–H groups in total. The normalized spacial score (nSPS) is 11.7. The lowest BCUT2D eigenvalue weighted by molar-refractivity contribution is -0.142. The number of rotatable bonds is 14. The van der Waals surface area contributed by atoms with Crippen LogP contribution in [0.5, 0.6) is 5.75 Å². The van der Waals surface area contributed by atoms with E-state index in [-0.39, 0.29) is 41.7 Å². The fourth-order valence-electron chi connectivity index (χ4n) is 4.96. The lowest BCUT2D eigenvalue weighted by Gasteiger charge is -2.31. The van der Waals surface area contributed by atoms with Gasteiger partial charge in [0.25, 0.3) is 15.9 Å². The summed E-state index contributed by atoms with van der Waals surface area (Å²) >= 11 is 12.4. The molecule has 0 saturated heterocycles. The van der Waals surface area contributed by atoms with E-state index in [0.717, 1.165) is 28.8 Å². The van der Waals surface area contributed by atoms with Crippen molar-refractivity contribution in [3.05, 3.63) is 160 Å². The molecule has 1 atom stereocenters. The lowest BCUT2D eigenvalue weighted by atomic mass is 10.0. The van der Waals surface area contributed by atoms with Crippen LogP contribution in [0.4, 0.5) is 10.1 Å². The van der Waals surface area contributed by atoms with Crippen LogP contribution in [0.3, 0.4) is 0 Å². The number of halogens is 3. The minimum Gasteiger partial charge on any atom is -0.484 e. The summed E-state index contributed by atoms with van der Waals surface area (Å²) in [5, 5.41) is 3.98. The van der Waals surface area contributed by atoms with E-state index in [1.165, 1.54) is 41.3 Å². The second-order valence-electron chi connectivity index (χ2n) is 11.0. The van der Waals surface area contributed by atoms with Gasteiger partial charge in [0.15, 0.2) is 6.61 Å². The second-order valence-corrected chi connectivity index (χ2v) is 13.6. The molecular weight excluding hydrogens is 688 g/mol. The molecule has 252 valence electrons. The van der Waals surface area contributed by atoms with Crippen LogP contribution in [0, 0.1) is 5.82 Å². The molecule has 49 heavy (non-hydrogen) atoms. The highest BCUT2D eigenvalue weighted by Gasteiger charge is 2.31. The first-order chi connectivity index (χ1) is 23.6. The van der Waals surface area contributed by atoms with E-state index in [0.29, 0.717) is 10.0 Å². The van der Waals surface area contributed by atoms with Gasteiger partial charge < -0.3 is 15.0 Å². The van der Waals surface area contributed by atoms with Crippen molar-refractivity contribution in [2.75, 3.05) is 11.3 Å². The summed E-state index contributed by atoms with van der Waals surface area (Å²) in [6.07, 6.45) is 0.224. The molecule has 5 rings (SSSR count). The van der Waals surface area contributed by atoms with Gasteiger partial charge in [-0.05, 0) is 83.4 Å². The van der Waals surface area contributed by atoms with E-state index in [1.54, 1.807) is 36.4 Å². The van der Waals surface area contributed by atoms with Crippen LogP contribution in [0.25, 0.3) is 0 Å². The largest absolute Gasteiger partial charge is 0.484 e. The first-order valence-corrected chi connectivity index (χ1v) is 17.4. The molecule has 0 saturated carbocycles. The Morgan fingerprint density at radius 2 is 1.43 bits per heavy atom. The van der Waals surface area contributed by atoms with Crippen LogP contribution in [0.15, 0.2) is 132 Å². The van der Waals surface area contributed by atoms with E-state index in [9.17, 15) is 22.4 Å². The molecule has 0 aromatic heterocycles. The summed E-state index contributed by atoms with van der Waals surface area (Å²) in [6.45, 7) is -0.187. The van der Waals surface area contributed by atoms with E-state index < -0.39 is 34.4 Å². The zero-order valence-electron chi connectivity index (χ0n) is 26.1. The molecule has 0 aliphatic heterocycles. The summed E-state index contributed by atoms with van der Waals surface area (Å²) in [7, 11) is -3.97. The Hall–Kier alpha value is -4.90. The lowest BCUT2D eigenvalue weighted by Crippen LogP contribution is -2.51. The molecule has 2 amide bonds. The standard InChI is InChI=1S/C37H32Cl2FN3O5S/c38-29-12-10-27(11-13-29)24-43(35(22-26-6-2-1-3-7-26)37(45)41-23-28-8-4-5-9-34(28)39)36(44)25-48-32-18-20-33(21-19-32)49(46,47)42-31-16-14-30(40)15-17-31/h1-21,35,42H,22-25H2,(H,41,45)/t35-/m1/s1. The summed E-state index contributed by atoms with van der Waals surface area (Å²) in [5.74, 6) is -1.11. The van der Waals surface area contributed by atoms with Gasteiger partial charge in [-0.2, -0.15) is 0 Å². The van der Waals surface area contributed by atoms with Crippen molar-refractivity contribution in [2.45, 2.75) is 30.4 Å². The van der Waals surface area contributed by atoms with Crippen molar-refractivity contribution in [1.82, 2.24) is 10.2 Å². The molecule has 0 fully saturated rings. The molecule has 5 aromatic carbocycles. The molecule has 0 bridgehead atoms. The van der Waals surface area contributed by atoms with Crippen LogP contribution in [0.1, 0.15) is 16.7 Å². The van der Waals surface area contributed by atoms with Gasteiger partial charge in [-0.1, -0.05) is 83.9 Å². The van der Waals surface area contributed by atoms with Crippen molar-refractivity contribution in [1.29, 1.82) is 0 Å². The van der Waals surface area contributed by atoms with Crippen molar-refractivity contribution in [2.24, 2.45) is 0 Å². The predicted molar refractivity (Wildman–Crippen MR) is 188 cm³/mol. The number of hydrogen-bond acceptors (Lipinski definition) is 5. The van der Waals surface area contributed by atoms with Gasteiger partial charge in [-0.15, -0.1) is 0 Å². The molecule has 0 aliphatic rings. The summed E-state index contributed by atoms with van der Waals surface area (Å²) in [6, 6.07) is 33.0. The van der Waals surface area contributed by atoms with Gasteiger partial charge >= 0.3 is 0 Å². The topological polar surface area (TPSA) is 105 Å². The Balaban J connectivity index is 1.35. The summed E-state index contributed by atoms with van der Waals surface area (Å²) in [4.78, 5) is 29.2. The third kappa shape index (κ3) is 10.1. The van der Waals surface area contributed by atoms with Crippen LogP contribution in [-0.2, 0) is 39.1 Å². The Morgan fingerprint density at radius 1 is 0.776 bits per heavy atom. The second kappa shape index (κ2) is 16.5. The maximum absolute atomic E-state index is 13.9. The highest BCUT2D eigenvalue weighted by molar-refractivity contribution is 7.92. The number of hydrogen-bond donors (Lipinski definition) is 2. The molecule has 0 aliphatic carbocycles. The predicted octanol–water partition coefficient (Wildman–Crippen LogP) is 7.27. The zero-order valence-corrected chi connectivity index (χ0v) is 28.4. The number of nitrogens with zero attached hydrogens (tertiary/aromatic N) is 1. The monoisotopic (exact) mass is 719 g/mol. The van der Waals surface area contributed by atoms with Crippen molar-refractivity contribution in [3.8, 4) is 5.75 Å². The summed E-state index contributed by atoms with van der Waals surface area (Å²) in [5.41, 5.74) is 2.53. The number of anilines is 1. The first-order valence-electron chi connectivity index (χ1n) is 15.2. The van der Waals surface area contributed by atoms with E-state index >= 15 is 0 Å². The number of carbonyl (C=O) groups is 2. The average Bonchev–Trinajstić information content (AvgIpc) is 3.10. The summed E-state index contributed by atoms with van der Waals surface area (Å²) < 4.78 is 47.1. The maximum atomic E-state index is 13.9. The number of ether oxygens (including phenoxy) is 1. The Bertz CT molecular complexity index is 1980. The van der Waals surface area contributed by atoms with Gasteiger partial charge in [0, 0.05) is 35.2 Å². The first kappa shape index (κ1) is 35.4. The number of sulfonamides is 1. The number of nitrogens with one attached hydrogen (secondary N) is 2. The highest BCUT2D eigenvalue weighted by Crippen LogP contribution is 2.22.